The Labute approximate surface area is 122 Å². The zero-order chi connectivity index (χ0) is 13.9. The van der Waals surface area contributed by atoms with Crippen LogP contribution in [0.25, 0.3) is 0 Å². The summed E-state index contributed by atoms with van der Waals surface area (Å²) in [5.74, 6) is 0.843. The average molecular weight is 273 g/mol. The zero-order valence-electron chi connectivity index (χ0n) is 12.6. The van der Waals surface area contributed by atoms with Crippen molar-refractivity contribution in [3.63, 3.8) is 0 Å². The first-order valence-corrected chi connectivity index (χ1v) is 8.25. The Balaban J connectivity index is 1.79. The number of benzene rings is 1. The van der Waals surface area contributed by atoms with Gasteiger partial charge in [0.05, 0.1) is 6.10 Å². The second-order valence-electron chi connectivity index (χ2n) is 6.68. The third-order valence-corrected chi connectivity index (χ3v) is 5.20. The Hall–Kier alpha value is -0.860. The molecule has 0 aromatic heterocycles. The van der Waals surface area contributed by atoms with Gasteiger partial charge in [0.2, 0.25) is 0 Å². The number of rotatable bonds is 1. The van der Waals surface area contributed by atoms with Crippen molar-refractivity contribution in [3.8, 4) is 0 Å². The van der Waals surface area contributed by atoms with Crippen LogP contribution in [0.15, 0.2) is 24.3 Å². The van der Waals surface area contributed by atoms with Crippen molar-refractivity contribution in [1.82, 2.24) is 4.90 Å². The molecule has 20 heavy (non-hydrogen) atoms. The Morgan fingerprint density at radius 2 is 1.90 bits per heavy atom. The highest BCUT2D eigenvalue weighted by molar-refractivity contribution is 5.31. The lowest BCUT2D eigenvalue weighted by Gasteiger charge is -2.33. The fourth-order valence-corrected chi connectivity index (χ4v) is 3.92. The number of nitrogens with zero attached hydrogens (tertiary/aromatic N) is 1. The van der Waals surface area contributed by atoms with E-state index >= 15 is 0 Å². The molecule has 0 spiro atoms. The molecule has 3 rings (SSSR count). The van der Waals surface area contributed by atoms with E-state index in [1.165, 1.54) is 36.8 Å². The molecule has 1 aromatic carbocycles. The summed E-state index contributed by atoms with van der Waals surface area (Å²) in [7, 11) is 0. The van der Waals surface area contributed by atoms with Gasteiger partial charge in [-0.05, 0) is 68.7 Å². The van der Waals surface area contributed by atoms with Crippen LogP contribution in [0.5, 0.6) is 0 Å². The van der Waals surface area contributed by atoms with Gasteiger partial charge in [0, 0.05) is 6.04 Å². The predicted octanol–water partition coefficient (Wildman–Crippen LogP) is 3.55. The maximum Gasteiger partial charge on any atom is 0.0947 e. The highest BCUT2D eigenvalue weighted by Crippen LogP contribution is 2.33. The number of aliphatic hydroxyl groups is 1. The number of aryl methyl sites for hydroxylation is 1. The minimum absolute atomic E-state index is 0.304. The monoisotopic (exact) mass is 273 g/mol. The first kappa shape index (κ1) is 14.1. The summed E-state index contributed by atoms with van der Waals surface area (Å²) >= 11 is 0. The van der Waals surface area contributed by atoms with Crippen LogP contribution in [0.3, 0.4) is 0 Å². The first-order valence-electron chi connectivity index (χ1n) is 8.25. The van der Waals surface area contributed by atoms with Gasteiger partial charge in [-0.25, -0.2) is 0 Å². The van der Waals surface area contributed by atoms with Gasteiger partial charge in [0.1, 0.15) is 0 Å². The lowest BCUT2D eigenvalue weighted by Crippen LogP contribution is -2.40. The van der Waals surface area contributed by atoms with Gasteiger partial charge in [0.15, 0.2) is 0 Å². The SMILES string of the molecule is CC1CCCN(C2CCCc3ccccc3C2O)CC1. The van der Waals surface area contributed by atoms with E-state index in [-0.39, 0.29) is 6.10 Å². The Morgan fingerprint density at radius 1 is 1.05 bits per heavy atom. The standard InChI is InChI=1S/C18H27NO/c1-14-6-5-12-19(13-11-14)17-10-4-8-15-7-2-3-9-16(15)18(17)20/h2-3,7,9,14,17-18,20H,4-6,8,10-13H2,1H3. The van der Waals surface area contributed by atoms with Crippen molar-refractivity contribution in [3.05, 3.63) is 35.4 Å². The summed E-state index contributed by atoms with van der Waals surface area (Å²) < 4.78 is 0. The molecule has 3 unspecified atom stereocenters. The molecule has 1 fully saturated rings. The van der Waals surface area contributed by atoms with Crippen LogP contribution in [0.4, 0.5) is 0 Å². The molecule has 1 aliphatic carbocycles. The Morgan fingerprint density at radius 3 is 2.80 bits per heavy atom. The summed E-state index contributed by atoms with van der Waals surface area (Å²) in [5, 5.41) is 10.9. The van der Waals surface area contributed by atoms with E-state index in [2.05, 4.69) is 36.1 Å². The topological polar surface area (TPSA) is 23.5 Å². The zero-order valence-corrected chi connectivity index (χ0v) is 12.6. The summed E-state index contributed by atoms with van der Waals surface area (Å²) in [6.45, 7) is 4.68. The second-order valence-corrected chi connectivity index (χ2v) is 6.68. The molecule has 2 aliphatic rings. The minimum Gasteiger partial charge on any atom is -0.387 e. The first-order chi connectivity index (χ1) is 9.75. The highest BCUT2D eigenvalue weighted by Gasteiger charge is 2.31. The number of likely N-dealkylation sites (tertiary alicyclic amines) is 1. The van der Waals surface area contributed by atoms with Gasteiger partial charge in [0.25, 0.3) is 0 Å². The molecule has 1 aliphatic heterocycles. The van der Waals surface area contributed by atoms with Gasteiger partial charge in [-0.1, -0.05) is 31.2 Å². The molecule has 2 nitrogen and oxygen atoms in total. The average Bonchev–Trinajstić information content (AvgIpc) is 2.76. The van der Waals surface area contributed by atoms with Gasteiger partial charge in [-0.3, -0.25) is 4.90 Å². The van der Waals surface area contributed by atoms with Crippen molar-refractivity contribution in [1.29, 1.82) is 0 Å². The molecular formula is C18H27NO. The lowest BCUT2D eigenvalue weighted by molar-refractivity contribution is 0.0460. The van der Waals surface area contributed by atoms with E-state index in [0.717, 1.165) is 31.8 Å². The summed E-state index contributed by atoms with van der Waals surface area (Å²) in [5.41, 5.74) is 2.53. The number of hydrogen-bond acceptors (Lipinski definition) is 2. The fourth-order valence-electron chi connectivity index (χ4n) is 3.92. The van der Waals surface area contributed by atoms with Gasteiger partial charge in [-0.2, -0.15) is 0 Å². The molecule has 2 heteroatoms. The van der Waals surface area contributed by atoms with E-state index in [9.17, 15) is 5.11 Å². The van der Waals surface area contributed by atoms with Crippen LogP contribution >= 0.6 is 0 Å². The number of hydrogen-bond donors (Lipinski definition) is 1. The molecule has 0 bridgehead atoms. The molecule has 1 saturated heterocycles. The van der Waals surface area contributed by atoms with Crippen molar-refractivity contribution in [2.75, 3.05) is 13.1 Å². The Kier molecular flexibility index (Phi) is 4.42. The van der Waals surface area contributed by atoms with Crippen LogP contribution in [-0.2, 0) is 6.42 Å². The highest BCUT2D eigenvalue weighted by atomic mass is 16.3. The van der Waals surface area contributed by atoms with Crippen molar-refractivity contribution in [2.45, 2.75) is 57.6 Å². The molecule has 1 N–H and O–H groups in total. The summed E-state index contributed by atoms with van der Waals surface area (Å²) in [4.78, 5) is 2.57. The van der Waals surface area contributed by atoms with Gasteiger partial charge < -0.3 is 5.11 Å². The third-order valence-electron chi connectivity index (χ3n) is 5.20. The smallest absolute Gasteiger partial charge is 0.0947 e. The molecule has 0 radical (unpaired) electrons. The van der Waals surface area contributed by atoms with Crippen molar-refractivity contribution < 1.29 is 5.11 Å². The summed E-state index contributed by atoms with van der Waals surface area (Å²) in [6.07, 6.45) is 7.05. The van der Waals surface area contributed by atoms with E-state index in [0.29, 0.717) is 6.04 Å². The quantitative estimate of drug-likeness (QED) is 0.791. The largest absolute Gasteiger partial charge is 0.387 e. The van der Waals surface area contributed by atoms with E-state index in [1.54, 1.807) is 0 Å². The van der Waals surface area contributed by atoms with E-state index in [4.69, 9.17) is 0 Å². The molecular weight excluding hydrogens is 246 g/mol. The fraction of sp³-hybridized carbons (Fsp3) is 0.667. The van der Waals surface area contributed by atoms with Crippen LogP contribution < -0.4 is 0 Å². The van der Waals surface area contributed by atoms with Crippen LogP contribution in [0.1, 0.15) is 56.3 Å². The number of aliphatic hydroxyl groups excluding tert-OH is 1. The maximum atomic E-state index is 10.9. The van der Waals surface area contributed by atoms with Gasteiger partial charge in [-0.15, -0.1) is 0 Å². The maximum absolute atomic E-state index is 10.9. The lowest BCUT2D eigenvalue weighted by atomic mass is 9.97. The molecule has 0 saturated carbocycles. The summed E-state index contributed by atoms with van der Waals surface area (Å²) in [6, 6.07) is 8.79. The molecule has 3 atom stereocenters. The number of fused-ring (bicyclic) bond motifs is 1. The molecule has 1 heterocycles. The van der Waals surface area contributed by atoms with Gasteiger partial charge >= 0.3 is 0 Å². The predicted molar refractivity (Wildman–Crippen MR) is 82.7 cm³/mol. The van der Waals surface area contributed by atoms with Crippen LogP contribution in [-0.4, -0.2) is 29.1 Å². The van der Waals surface area contributed by atoms with E-state index in [1.807, 2.05) is 0 Å². The van der Waals surface area contributed by atoms with Crippen LogP contribution in [0.2, 0.25) is 0 Å². The second kappa shape index (κ2) is 6.28. The van der Waals surface area contributed by atoms with Crippen LogP contribution in [0, 0.1) is 5.92 Å². The molecule has 0 amide bonds. The van der Waals surface area contributed by atoms with E-state index < -0.39 is 0 Å². The minimum atomic E-state index is -0.304. The molecule has 110 valence electrons. The van der Waals surface area contributed by atoms with Crippen molar-refractivity contribution in [2.24, 2.45) is 5.92 Å². The normalized spacial score (nSPS) is 32.2. The molecule has 1 aromatic rings. The third kappa shape index (κ3) is 2.91. The Bertz CT molecular complexity index is 445. The van der Waals surface area contributed by atoms with Crippen molar-refractivity contribution >= 4 is 0 Å².